The molecule has 4 rings (SSSR count). The van der Waals surface area contributed by atoms with Gasteiger partial charge < -0.3 is 10.2 Å². The standard InChI is InChI=1S/C18H23N3O2/c1-18(15-8-7-13-5-4-6-14(13)11-15)16(22)21(17(23)19-18)12-20-9-2-3-10-20/h7-8,11H,2-6,9-10,12H2,1H3,(H,19,23)/p+1/t18-/m1/s1. The van der Waals surface area contributed by atoms with Crippen molar-refractivity contribution in [2.24, 2.45) is 0 Å². The molecule has 2 aliphatic heterocycles. The number of aryl methyl sites for hydroxylation is 2. The first-order chi connectivity index (χ1) is 11.1. The van der Waals surface area contributed by atoms with Crippen molar-refractivity contribution in [1.82, 2.24) is 10.2 Å². The van der Waals surface area contributed by atoms with E-state index < -0.39 is 5.54 Å². The van der Waals surface area contributed by atoms with E-state index in [4.69, 9.17) is 0 Å². The molecule has 1 aliphatic carbocycles. The third-order valence-corrected chi connectivity index (χ3v) is 5.64. The summed E-state index contributed by atoms with van der Waals surface area (Å²) < 4.78 is 0. The Morgan fingerprint density at radius 3 is 2.65 bits per heavy atom. The molecule has 1 atom stereocenters. The molecule has 2 fully saturated rings. The lowest BCUT2D eigenvalue weighted by Gasteiger charge is -2.23. The highest BCUT2D eigenvalue weighted by Crippen LogP contribution is 2.32. The van der Waals surface area contributed by atoms with Crippen LogP contribution in [0.2, 0.25) is 0 Å². The molecule has 1 aromatic rings. The number of imide groups is 1. The second-order valence-corrected chi connectivity index (χ2v) is 7.24. The van der Waals surface area contributed by atoms with Crippen LogP contribution in [0.3, 0.4) is 0 Å². The van der Waals surface area contributed by atoms with Crippen LogP contribution in [0.25, 0.3) is 0 Å². The Balaban J connectivity index is 1.60. The zero-order chi connectivity index (χ0) is 16.0. The predicted octanol–water partition coefficient (Wildman–Crippen LogP) is 0.579. The number of urea groups is 1. The normalized spacial score (nSPS) is 27.6. The van der Waals surface area contributed by atoms with Gasteiger partial charge in [-0.05, 0) is 42.9 Å². The summed E-state index contributed by atoms with van der Waals surface area (Å²) in [7, 11) is 0. The highest BCUT2D eigenvalue weighted by Gasteiger charge is 2.50. The number of hydrogen-bond acceptors (Lipinski definition) is 2. The largest absolute Gasteiger partial charge is 0.329 e. The van der Waals surface area contributed by atoms with Crippen LogP contribution in [-0.2, 0) is 23.2 Å². The summed E-state index contributed by atoms with van der Waals surface area (Å²) >= 11 is 0. The van der Waals surface area contributed by atoms with Gasteiger partial charge in [-0.25, -0.2) is 9.69 Å². The molecule has 5 heteroatoms. The molecule has 1 aromatic carbocycles. The number of hydrogen-bond donors (Lipinski definition) is 2. The smallest absolute Gasteiger partial charge is 0.319 e. The molecule has 122 valence electrons. The fourth-order valence-electron chi connectivity index (χ4n) is 4.18. The number of carbonyl (C=O) groups is 2. The number of likely N-dealkylation sites (tertiary alicyclic amines) is 1. The van der Waals surface area contributed by atoms with Crippen LogP contribution < -0.4 is 10.2 Å². The number of carbonyl (C=O) groups excluding carboxylic acids is 2. The van der Waals surface area contributed by atoms with Crippen molar-refractivity contribution < 1.29 is 14.5 Å². The molecule has 0 radical (unpaired) electrons. The molecule has 0 unspecified atom stereocenters. The number of rotatable bonds is 3. The Bertz CT molecular complexity index is 666. The maximum Gasteiger partial charge on any atom is 0.329 e. The van der Waals surface area contributed by atoms with Crippen LogP contribution in [0.15, 0.2) is 18.2 Å². The van der Waals surface area contributed by atoms with E-state index in [0.717, 1.165) is 31.5 Å². The first kappa shape index (κ1) is 14.7. The number of fused-ring (bicyclic) bond motifs is 1. The monoisotopic (exact) mass is 314 g/mol. The Labute approximate surface area is 136 Å². The van der Waals surface area contributed by atoms with Gasteiger partial charge in [-0.15, -0.1) is 0 Å². The van der Waals surface area contributed by atoms with Crippen molar-refractivity contribution >= 4 is 11.9 Å². The molecular formula is C18H24N3O2+. The van der Waals surface area contributed by atoms with Crippen LogP contribution in [0, 0.1) is 0 Å². The summed E-state index contributed by atoms with van der Waals surface area (Å²) in [6.45, 7) is 4.42. The summed E-state index contributed by atoms with van der Waals surface area (Å²) in [5.74, 6) is -0.111. The highest BCUT2D eigenvalue weighted by molar-refractivity contribution is 6.07. The van der Waals surface area contributed by atoms with E-state index in [9.17, 15) is 9.59 Å². The molecule has 3 aliphatic rings. The van der Waals surface area contributed by atoms with E-state index in [2.05, 4.69) is 17.4 Å². The van der Waals surface area contributed by atoms with E-state index in [-0.39, 0.29) is 11.9 Å². The van der Waals surface area contributed by atoms with E-state index in [1.807, 2.05) is 13.0 Å². The third-order valence-electron chi connectivity index (χ3n) is 5.64. The SMILES string of the molecule is C[C@]1(c2ccc3c(c2)CCC3)NC(=O)N(C[NH+]2CCCC2)C1=O. The van der Waals surface area contributed by atoms with E-state index in [0.29, 0.717) is 6.67 Å². The molecule has 0 aromatic heterocycles. The topological polar surface area (TPSA) is 53.9 Å². The molecule has 0 saturated carbocycles. The molecule has 0 spiro atoms. The van der Waals surface area contributed by atoms with Crippen LogP contribution in [0.5, 0.6) is 0 Å². The van der Waals surface area contributed by atoms with Crippen LogP contribution in [0.1, 0.15) is 42.9 Å². The van der Waals surface area contributed by atoms with Crippen molar-refractivity contribution in [3.63, 3.8) is 0 Å². The van der Waals surface area contributed by atoms with Gasteiger partial charge in [-0.2, -0.15) is 0 Å². The van der Waals surface area contributed by atoms with E-state index in [1.54, 1.807) is 0 Å². The lowest BCUT2D eigenvalue weighted by atomic mass is 9.90. The molecule has 23 heavy (non-hydrogen) atoms. The van der Waals surface area contributed by atoms with Crippen LogP contribution in [-0.4, -0.2) is 36.6 Å². The van der Waals surface area contributed by atoms with Gasteiger partial charge in [0.2, 0.25) is 0 Å². The lowest BCUT2D eigenvalue weighted by molar-refractivity contribution is -0.894. The van der Waals surface area contributed by atoms with Gasteiger partial charge in [0.05, 0.1) is 13.1 Å². The summed E-state index contributed by atoms with van der Waals surface area (Å²) in [6.07, 6.45) is 5.74. The van der Waals surface area contributed by atoms with Gasteiger partial charge in [0.1, 0.15) is 5.54 Å². The fraction of sp³-hybridized carbons (Fsp3) is 0.556. The van der Waals surface area contributed by atoms with Crippen LogP contribution in [0.4, 0.5) is 4.79 Å². The van der Waals surface area contributed by atoms with E-state index in [1.165, 1.54) is 40.2 Å². The fourth-order valence-corrected chi connectivity index (χ4v) is 4.18. The second-order valence-electron chi connectivity index (χ2n) is 7.24. The molecule has 0 bridgehead atoms. The quantitative estimate of drug-likeness (QED) is 0.802. The zero-order valence-electron chi connectivity index (χ0n) is 13.7. The average Bonchev–Trinajstić information content (AvgIpc) is 3.25. The number of amides is 3. The van der Waals surface area contributed by atoms with Crippen LogP contribution >= 0.6 is 0 Å². The minimum atomic E-state index is -0.923. The molecule has 2 N–H and O–H groups in total. The Morgan fingerprint density at radius 1 is 1.13 bits per heavy atom. The van der Waals surface area contributed by atoms with Crippen molar-refractivity contribution in [3.05, 3.63) is 34.9 Å². The van der Waals surface area contributed by atoms with Crippen molar-refractivity contribution in [3.8, 4) is 0 Å². The maximum absolute atomic E-state index is 13.0. The van der Waals surface area contributed by atoms with Gasteiger partial charge in [0, 0.05) is 12.8 Å². The highest BCUT2D eigenvalue weighted by atomic mass is 16.2. The van der Waals surface area contributed by atoms with Crippen molar-refractivity contribution in [2.75, 3.05) is 19.8 Å². The number of nitrogens with one attached hydrogen (secondary N) is 2. The second kappa shape index (κ2) is 5.34. The summed E-state index contributed by atoms with van der Waals surface area (Å²) in [5.41, 5.74) is 2.70. The maximum atomic E-state index is 13.0. The lowest BCUT2D eigenvalue weighted by Crippen LogP contribution is -3.11. The Kier molecular flexibility index (Phi) is 3.41. The summed E-state index contributed by atoms with van der Waals surface area (Å²) in [4.78, 5) is 28.1. The van der Waals surface area contributed by atoms with Gasteiger partial charge in [-0.1, -0.05) is 18.2 Å². The minimum Gasteiger partial charge on any atom is -0.319 e. The number of quaternary nitrogens is 1. The molecule has 2 heterocycles. The molecule has 3 amide bonds. The number of nitrogens with zero attached hydrogens (tertiary/aromatic N) is 1. The Hall–Kier alpha value is -1.88. The van der Waals surface area contributed by atoms with Crippen molar-refractivity contribution in [1.29, 1.82) is 0 Å². The van der Waals surface area contributed by atoms with Gasteiger partial charge in [-0.3, -0.25) is 4.79 Å². The average molecular weight is 314 g/mol. The first-order valence-corrected chi connectivity index (χ1v) is 8.68. The van der Waals surface area contributed by atoms with E-state index >= 15 is 0 Å². The zero-order valence-corrected chi connectivity index (χ0v) is 13.7. The summed E-state index contributed by atoms with van der Waals surface area (Å²) in [5, 5.41) is 2.94. The molecule has 5 nitrogen and oxygen atoms in total. The van der Waals surface area contributed by atoms with Gasteiger partial charge >= 0.3 is 6.03 Å². The minimum absolute atomic E-state index is 0.111. The summed E-state index contributed by atoms with van der Waals surface area (Å²) in [6, 6.07) is 6.00. The molecule has 2 saturated heterocycles. The third kappa shape index (κ3) is 2.34. The van der Waals surface area contributed by atoms with Gasteiger partial charge in [0.25, 0.3) is 5.91 Å². The number of benzene rings is 1. The molecular weight excluding hydrogens is 290 g/mol. The predicted molar refractivity (Wildman–Crippen MR) is 86.0 cm³/mol. The first-order valence-electron chi connectivity index (χ1n) is 8.68. The van der Waals surface area contributed by atoms with Crippen molar-refractivity contribution in [2.45, 2.75) is 44.6 Å². The Morgan fingerprint density at radius 2 is 1.87 bits per heavy atom. The van der Waals surface area contributed by atoms with Gasteiger partial charge in [0.15, 0.2) is 6.67 Å².